The molecule has 1 heterocycles. The van der Waals surface area contributed by atoms with Crippen molar-refractivity contribution < 1.29 is 19.1 Å². The quantitative estimate of drug-likeness (QED) is 0.864. The van der Waals surface area contributed by atoms with E-state index in [2.05, 4.69) is 10.1 Å². The van der Waals surface area contributed by atoms with Gasteiger partial charge < -0.3 is 10.1 Å². The summed E-state index contributed by atoms with van der Waals surface area (Å²) in [4.78, 5) is 35.8. The van der Waals surface area contributed by atoms with Crippen molar-refractivity contribution in [3.8, 4) is 0 Å². The summed E-state index contributed by atoms with van der Waals surface area (Å²) in [5, 5.41) is 3.46. The van der Waals surface area contributed by atoms with E-state index in [1.807, 2.05) is 0 Å². The van der Waals surface area contributed by atoms with Gasteiger partial charge in [0.1, 0.15) is 6.04 Å². The SMILES string of the molecule is CCOC(=O)N1C(=O)CC(Nc2ccc(Cl)cc2)C1=O. The Hall–Kier alpha value is -2.08. The molecule has 0 bridgehead atoms. The minimum atomic E-state index is -0.928. The van der Waals surface area contributed by atoms with Crippen LogP contribution in [-0.4, -0.2) is 35.5 Å². The van der Waals surface area contributed by atoms with E-state index < -0.39 is 23.9 Å². The molecule has 1 aliphatic heterocycles. The highest BCUT2D eigenvalue weighted by Crippen LogP contribution is 2.20. The van der Waals surface area contributed by atoms with Gasteiger partial charge in [-0.25, -0.2) is 4.79 Å². The van der Waals surface area contributed by atoms with Crippen LogP contribution in [0.2, 0.25) is 5.02 Å². The molecule has 1 saturated heterocycles. The summed E-state index contributed by atoms with van der Waals surface area (Å²) in [5.74, 6) is -1.18. The van der Waals surface area contributed by atoms with Crippen LogP contribution in [-0.2, 0) is 14.3 Å². The van der Waals surface area contributed by atoms with E-state index in [4.69, 9.17) is 11.6 Å². The van der Waals surface area contributed by atoms with Gasteiger partial charge in [0.25, 0.3) is 5.91 Å². The molecule has 7 heteroatoms. The molecule has 0 radical (unpaired) electrons. The molecule has 3 amide bonds. The molecular weight excluding hydrogens is 284 g/mol. The first-order valence-corrected chi connectivity index (χ1v) is 6.46. The number of rotatable bonds is 3. The second kappa shape index (κ2) is 5.92. The highest BCUT2D eigenvalue weighted by molar-refractivity contribution is 6.30. The number of hydrogen-bond donors (Lipinski definition) is 1. The van der Waals surface area contributed by atoms with Crippen LogP contribution >= 0.6 is 11.6 Å². The summed E-state index contributed by atoms with van der Waals surface area (Å²) in [6, 6.07) is 5.93. The van der Waals surface area contributed by atoms with Crippen molar-refractivity contribution in [2.45, 2.75) is 19.4 Å². The van der Waals surface area contributed by atoms with Crippen molar-refractivity contribution in [1.82, 2.24) is 4.90 Å². The largest absolute Gasteiger partial charge is 0.449 e. The fourth-order valence-electron chi connectivity index (χ4n) is 1.87. The number of carbonyl (C=O) groups excluding carboxylic acids is 3. The number of imide groups is 3. The lowest BCUT2D eigenvalue weighted by molar-refractivity contribution is -0.136. The number of halogens is 1. The van der Waals surface area contributed by atoms with Gasteiger partial charge in [-0.2, -0.15) is 4.90 Å². The molecule has 0 aliphatic carbocycles. The van der Waals surface area contributed by atoms with Crippen LogP contribution in [0.15, 0.2) is 24.3 Å². The van der Waals surface area contributed by atoms with Crippen molar-refractivity contribution >= 4 is 35.2 Å². The van der Waals surface area contributed by atoms with Gasteiger partial charge in [-0.1, -0.05) is 11.6 Å². The first kappa shape index (κ1) is 14.3. The second-order valence-corrected chi connectivity index (χ2v) is 4.61. The molecule has 0 aromatic heterocycles. The Balaban J connectivity index is 2.08. The van der Waals surface area contributed by atoms with Gasteiger partial charge in [-0.3, -0.25) is 9.59 Å². The molecule has 6 nitrogen and oxygen atoms in total. The molecule has 1 fully saturated rings. The molecule has 20 heavy (non-hydrogen) atoms. The molecule has 106 valence electrons. The zero-order chi connectivity index (χ0) is 14.7. The van der Waals surface area contributed by atoms with Crippen LogP contribution in [0.25, 0.3) is 0 Å². The second-order valence-electron chi connectivity index (χ2n) is 4.17. The lowest BCUT2D eigenvalue weighted by Crippen LogP contribution is -2.39. The van der Waals surface area contributed by atoms with Crippen molar-refractivity contribution in [2.24, 2.45) is 0 Å². The molecule has 0 saturated carbocycles. The van der Waals surface area contributed by atoms with Crippen molar-refractivity contribution in [3.05, 3.63) is 29.3 Å². The molecule has 1 aromatic carbocycles. The number of likely N-dealkylation sites (tertiary alicyclic amines) is 1. The Bertz CT molecular complexity index is 544. The molecule has 0 spiro atoms. The van der Waals surface area contributed by atoms with Crippen molar-refractivity contribution in [1.29, 1.82) is 0 Å². The summed E-state index contributed by atoms with van der Waals surface area (Å²) in [5.41, 5.74) is 0.645. The highest BCUT2D eigenvalue weighted by Gasteiger charge is 2.43. The van der Waals surface area contributed by atoms with E-state index in [9.17, 15) is 14.4 Å². The molecule has 1 atom stereocenters. The Morgan fingerprint density at radius 3 is 2.65 bits per heavy atom. The number of nitrogens with zero attached hydrogens (tertiary/aromatic N) is 1. The molecule has 1 N–H and O–H groups in total. The van der Waals surface area contributed by atoms with Crippen molar-refractivity contribution in [2.75, 3.05) is 11.9 Å². The lowest BCUT2D eigenvalue weighted by atomic mass is 10.2. The first-order valence-electron chi connectivity index (χ1n) is 6.08. The van der Waals surface area contributed by atoms with Gasteiger partial charge in [-0.05, 0) is 31.2 Å². The van der Waals surface area contributed by atoms with E-state index in [0.717, 1.165) is 0 Å². The fourth-order valence-corrected chi connectivity index (χ4v) is 2.00. The highest BCUT2D eigenvalue weighted by atomic mass is 35.5. The third-order valence-corrected chi connectivity index (χ3v) is 3.03. The number of hydrogen-bond acceptors (Lipinski definition) is 5. The summed E-state index contributed by atoms with van der Waals surface area (Å²) in [6.07, 6.45) is -1.01. The Morgan fingerprint density at radius 1 is 1.40 bits per heavy atom. The maximum atomic E-state index is 12.0. The van der Waals surface area contributed by atoms with Crippen molar-refractivity contribution in [3.63, 3.8) is 0 Å². The van der Waals surface area contributed by atoms with Gasteiger partial charge >= 0.3 is 6.09 Å². The number of nitrogens with one attached hydrogen (secondary N) is 1. The van der Waals surface area contributed by atoms with E-state index in [-0.39, 0.29) is 13.0 Å². The normalized spacial score (nSPS) is 18.3. The van der Waals surface area contributed by atoms with Crippen LogP contribution in [0, 0.1) is 0 Å². The Labute approximate surface area is 120 Å². The van der Waals surface area contributed by atoms with Crippen LogP contribution < -0.4 is 5.32 Å². The van der Waals surface area contributed by atoms with E-state index in [1.54, 1.807) is 31.2 Å². The number of benzene rings is 1. The van der Waals surface area contributed by atoms with E-state index in [1.165, 1.54) is 0 Å². The summed E-state index contributed by atoms with van der Waals surface area (Å²) in [7, 11) is 0. The maximum absolute atomic E-state index is 12.0. The number of amides is 3. The third kappa shape index (κ3) is 2.91. The lowest BCUT2D eigenvalue weighted by Gasteiger charge is -2.14. The smallest absolute Gasteiger partial charge is 0.423 e. The van der Waals surface area contributed by atoms with Gasteiger partial charge in [0.2, 0.25) is 5.91 Å². The monoisotopic (exact) mass is 296 g/mol. The predicted octanol–water partition coefficient (Wildman–Crippen LogP) is 2.04. The van der Waals surface area contributed by atoms with E-state index >= 15 is 0 Å². The average Bonchev–Trinajstić information content (AvgIpc) is 2.67. The topological polar surface area (TPSA) is 75.7 Å². The Morgan fingerprint density at radius 2 is 2.05 bits per heavy atom. The minimum absolute atomic E-state index is 0.0831. The standard InChI is InChI=1S/C13H13ClN2O4/c1-2-20-13(19)16-11(17)7-10(12(16)18)15-9-5-3-8(14)4-6-9/h3-6,10,15H,2,7H2,1H3. The number of carbonyl (C=O) groups is 3. The Kier molecular flexibility index (Phi) is 4.24. The van der Waals surface area contributed by atoms with Crippen LogP contribution in [0.5, 0.6) is 0 Å². The molecule has 1 aliphatic rings. The molecule has 1 unspecified atom stereocenters. The zero-order valence-corrected chi connectivity index (χ0v) is 11.5. The van der Waals surface area contributed by atoms with Gasteiger partial charge in [0.15, 0.2) is 0 Å². The zero-order valence-electron chi connectivity index (χ0n) is 10.8. The maximum Gasteiger partial charge on any atom is 0.423 e. The molecular formula is C13H13ClN2O4. The van der Waals surface area contributed by atoms with E-state index in [0.29, 0.717) is 15.6 Å². The number of anilines is 1. The van der Waals surface area contributed by atoms with Gasteiger partial charge in [0, 0.05) is 10.7 Å². The molecule has 1 aromatic rings. The minimum Gasteiger partial charge on any atom is -0.449 e. The van der Waals surface area contributed by atoms with Gasteiger partial charge in [0.05, 0.1) is 13.0 Å². The average molecular weight is 297 g/mol. The first-order chi connectivity index (χ1) is 9.52. The van der Waals surface area contributed by atoms with Crippen LogP contribution in [0.3, 0.4) is 0 Å². The predicted molar refractivity (Wildman–Crippen MR) is 72.4 cm³/mol. The fraction of sp³-hybridized carbons (Fsp3) is 0.308. The molecule has 2 rings (SSSR count). The summed E-state index contributed by atoms with van der Waals surface area (Å²) < 4.78 is 4.68. The van der Waals surface area contributed by atoms with Gasteiger partial charge in [-0.15, -0.1) is 0 Å². The summed E-state index contributed by atoms with van der Waals surface area (Å²) >= 11 is 5.76. The summed E-state index contributed by atoms with van der Waals surface area (Å²) in [6.45, 7) is 1.71. The van der Waals surface area contributed by atoms with Crippen LogP contribution in [0.1, 0.15) is 13.3 Å². The third-order valence-electron chi connectivity index (χ3n) is 2.78. The number of ether oxygens (including phenoxy) is 1. The van der Waals surface area contributed by atoms with Crippen LogP contribution in [0.4, 0.5) is 10.5 Å².